The van der Waals surface area contributed by atoms with Crippen LogP contribution in [0, 0.1) is 0 Å². The maximum atomic E-state index is 12.0. The van der Waals surface area contributed by atoms with Crippen molar-refractivity contribution in [1.82, 2.24) is 10.2 Å². The summed E-state index contributed by atoms with van der Waals surface area (Å²) in [5.41, 5.74) is 2.00. The normalized spacial score (nSPS) is 15.7. The summed E-state index contributed by atoms with van der Waals surface area (Å²) in [6, 6.07) is 7.96. The first-order valence-electron chi connectivity index (χ1n) is 7.28. The summed E-state index contributed by atoms with van der Waals surface area (Å²) in [4.78, 5) is 14.0. The molecule has 106 valence electrons. The predicted molar refractivity (Wildman–Crippen MR) is 78.4 cm³/mol. The van der Waals surface area contributed by atoms with E-state index in [-0.39, 0.29) is 5.91 Å². The first-order chi connectivity index (χ1) is 9.84. The Kier molecular flexibility index (Phi) is 4.02. The quantitative estimate of drug-likeness (QED) is 0.930. The summed E-state index contributed by atoms with van der Waals surface area (Å²) in [6.45, 7) is 2.89. The molecule has 3 rings (SSSR count). The van der Waals surface area contributed by atoms with Crippen molar-refractivity contribution in [2.45, 2.75) is 25.8 Å². The van der Waals surface area contributed by atoms with Gasteiger partial charge in [0.15, 0.2) is 0 Å². The van der Waals surface area contributed by atoms with Crippen molar-refractivity contribution in [3.05, 3.63) is 36.1 Å². The second kappa shape index (κ2) is 6.09. The smallest absolute Gasteiger partial charge is 0.236 e. The highest BCUT2D eigenvalue weighted by Crippen LogP contribution is 2.20. The van der Waals surface area contributed by atoms with Crippen LogP contribution in [0.15, 0.2) is 34.9 Å². The number of hydrogen-bond acceptors (Lipinski definition) is 3. The molecule has 1 amide bonds. The molecule has 1 saturated heterocycles. The molecule has 0 aliphatic carbocycles. The standard InChI is InChI=1S/C16H20N2O2/c19-16(18-8-4-1-5-9-18)11-17-10-13-12-20-15-7-3-2-6-14(13)15/h2-3,6-7,12,17H,1,4-5,8-11H2. The number of rotatable bonds is 4. The lowest BCUT2D eigenvalue weighted by Gasteiger charge is -2.26. The highest BCUT2D eigenvalue weighted by atomic mass is 16.3. The molecular formula is C16H20N2O2. The third-order valence-electron chi connectivity index (χ3n) is 3.86. The number of likely N-dealkylation sites (tertiary alicyclic amines) is 1. The van der Waals surface area contributed by atoms with Gasteiger partial charge in [-0.1, -0.05) is 18.2 Å². The topological polar surface area (TPSA) is 45.5 Å². The van der Waals surface area contributed by atoms with Gasteiger partial charge in [-0.15, -0.1) is 0 Å². The van der Waals surface area contributed by atoms with Gasteiger partial charge in [0.2, 0.25) is 5.91 Å². The van der Waals surface area contributed by atoms with Crippen molar-refractivity contribution in [2.24, 2.45) is 0 Å². The van der Waals surface area contributed by atoms with E-state index < -0.39 is 0 Å². The Hall–Kier alpha value is -1.81. The number of carbonyl (C=O) groups excluding carboxylic acids is 1. The van der Waals surface area contributed by atoms with Crippen molar-refractivity contribution in [2.75, 3.05) is 19.6 Å². The first kappa shape index (κ1) is 13.2. The molecule has 1 aliphatic rings. The summed E-state index contributed by atoms with van der Waals surface area (Å²) in [5.74, 6) is 0.206. The van der Waals surface area contributed by atoms with Crippen molar-refractivity contribution in [3.8, 4) is 0 Å². The molecule has 0 bridgehead atoms. The van der Waals surface area contributed by atoms with Crippen molar-refractivity contribution in [1.29, 1.82) is 0 Å². The Bertz CT molecular complexity index is 585. The number of carbonyl (C=O) groups is 1. The molecule has 2 heterocycles. The summed E-state index contributed by atoms with van der Waals surface area (Å²) in [7, 11) is 0. The molecule has 20 heavy (non-hydrogen) atoms. The fourth-order valence-electron chi connectivity index (χ4n) is 2.73. The number of hydrogen-bond donors (Lipinski definition) is 1. The number of nitrogens with zero attached hydrogens (tertiary/aromatic N) is 1. The molecule has 0 radical (unpaired) electrons. The molecule has 0 atom stereocenters. The van der Waals surface area contributed by atoms with Crippen LogP contribution in [-0.2, 0) is 11.3 Å². The SMILES string of the molecule is O=C(CNCc1coc2ccccc12)N1CCCCC1. The maximum Gasteiger partial charge on any atom is 0.236 e. The summed E-state index contributed by atoms with van der Waals surface area (Å²) >= 11 is 0. The molecule has 0 spiro atoms. The van der Waals surface area contributed by atoms with E-state index in [4.69, 9.17) is 4.42 Å². The van der Waals surface area contributed by atoms with Gasteiger partial charge in [0, 0.05) is 30.6 Å². The van der Waals surface area contributed by atoms with Crippen LogP contribution in [0.2, 0.25) is 0 Å². The highest BCUT2D eigenvalue weighted by Gasteiger charge is 2.15. The van der Waals surface area contributed by atoms with Gasteiger partial charge in [-0.3, -0.25) is 4.79 Å². The number of benzene rings is 1. The number of nitrogens with one attached hydrogen (secondary N) is 1. The van der Waals surface area contributed by atoms with Gasteiger partial charge in [0.05, 0.1) is 12.8 Å². The molecule has 1 aliphatic heterocycles. The molecule has 1 aromatic heterocycles. The summed E-state index contributed by atoms with van der Waals surface area (Å²) in [6.07, 6.45) is 5.29. The molecule has 1 N–H and O–H groups in total. The van der Waals surface area contributed by atoms with Gasteiger partial charge in [-0.25, -0.2) is 0 Å². The Morgan fingerprint density at radius 1 is 1.20 bits per heavy atom. The van der Waals surface area contributed by atoms with Gasteiger partial charge in [0.25, 0.3) is 0 Å². The minimum absolute atomic E-state index is 0.206. The van der Waals surface area contributed by atoms with Gasteiger partial charge in [0.1, 0.15) is 5.58 Å². The van der Waals surface area contributed by atoms with Gasteiger partial charge < -0.3 is 14.6 Å². The monoisotopic (exact) mass is 272 g/mol. The van der Waals surface area contributed by atoms with Crippen LogP contribution >= 0.6 is 0 Å². The Morgan fingerprint density at radius 2 is 2.00 bits per heavy atom. The van der Waals surface area contributed by atoms with E-state index in [2.05, 4.69) is 5.32 Å². The molecule has 1 aromatic carbocycles. The van der Waals surface area contributed by atoms with Crippen LogP contribution in [-0.4, -0.2) is 30.4 Å². The lowest BCUT2D eigenvalue weighted by Crippen LogP contribution is -2.40. The molecule has 4 heteroatoms. The number of piperidine rings is 1. The Balaban J connectivity index is 1.53. The van der Waals surface area contributed by atoms with E-state index in [1.54, 1.807) is 6.26 Å². The molecule has 4 nitrogen and oxygen atoms in total. The molecule has 0 unspecified atom stereocenters. The largest absolute Gasteiger partial charge is 0.464 e. The van der Waals surface area contributed by atoms with E-state index in [1.807, 2.05) is 29.2 Å². The number of amides is 1. The first-order valence-corrected chi connectivity index (χ1v) is 7.28. The lowest BCUT2D eigenvalue weighted by atomic mass is 10.1. The van der Waals surface area contributed by atoms with Crippen molar-refractivity contribution >= 4 is 16.9 Å². The van der Waals surface area contributed by atoms with E-state index in [0.717, 1.165) is 42.5 Å². The fourth-order valence-corrected chi connectivity index (χ4v) is 2.73. The van der Waals surface area contributed by atoms with E-state index >= 15 is 0 Å². The third kappa shape index (κ3) is 2.85. The van der Waals surface area contributed by atoms with E-state index in [9.17, 15) is 4.79 Å². The molecule has 0 saturated carbocycles. The second-order valence-corrected chi connectivity index (χ2v) is 5.30. The second-order valence-electron chi connectivity index (χ2n) is 5.30. The zero-order chi connectivity index (χ0) is 13.8. The van der Waals surface area contributed by atoms with Crippen LogP contribution in [0.5, 0.6) is 0 Å². The molecule has 2 aromatic rings. The van der Waals surface area contributed by atoms with E-state index in [0.29, 0.717) is 13.1 Å². The highest BCUT2D eigenvalue weighted by molar-refractivity contribution is 5.81. The van der Waals surface area contributed by atoms with Crippen molar-refractivity contribution in [3.63, 3.8) is 0 Å². The maximum absolute atomic E-state index is 12.0. The van der Waals surface area contributed by atoms with Crippen LogP contribution in [0.1, 0.15) is 24.8 Å². The van der Waals surface area contributed by atoms with Crippen molar-refractivity contribution < 1.29 is 9.21 Å². The van der Waals surface area contributed by atoms with Gasteiger partial charge in [-0.05, 0) is 25.3 Å². The number of para-hydroxylation sites is 1. The summed E-state index contributed by atoms with van der Waals surface area (Å²) in [5, 5.41) is 4.34. The Morgan fingerprint density at radius 3 is 2.85 bits per heavy atom. The third-order valence-corrected chi connectivity index (χ3v) is 3.86. The zero-order valence-corrected chi connectivity index (χ0v) is 11.6. The van der Waals surface area contributed by atoms with Crippen LogP contribution in [0.25, 0.3) is 11.0 Å². The van der Waals surface area contributed by atoms with Gasteiger partial charge in [-0.2, -0.15) is 0 Å². The average Bonchev–Trinajstić information content (AvgIpc) is 2.92. The van der Waals surface area contributed by atoms with Crippen LogP contribution in [0.3, 0.4) is 0 Å². The number of furan rings is 1. The predicted octanol–water partition coefficient (Wildman–Crippen LogP) is 2.53. The molecule has 1 fully saturated rings. The summed E-state index contributed by atoms with van der Waals surface area (Å²) < 4.78 is 5.49. The van der Waals surface area contributed by atoms with Crippen LogP contribution < -0.4 is 5.32 Å². The number of fused-ring (bicyclic) bond motifs is 1. The lowest BCUT2D eigenvalue weighted by molar-refractivity contribution is -0.131. The van der Waals surface area contributed by atoms with E-state index in [1.165, 1.54) is 6.42 Å². The Labute approximate surface area is 118 Å². The van der Waals surface area contributed by atoms with Gasteiger partial charge >= 0.3 is 0 Å². The van der Waals surface area contributed by atoms with Crippen LogP contribution in [0.4, 0.5) is 0 Å². The molecular weight excluding hydrogens is 252 g/mol. The minimum atomic E-state index is 0.206. The minimum Gasteiger partial charge on any atom is -0.464 e. The fraction of sp³-hybridized carbons (Fsp3) is 0.438. The zero-order valence-electron chi connectivity index (χ0n) is 11.6. The average molecular weight is 272 g/mol.